The summed E-state index contributed by atoms with van der Waals surface area (Å²) in [5.74, 6) is -0.605. The molecule has 1 aliphatic rings. The quantitative estimate of drug-likeness (QED) is 0.418. The van der Waals surface area contributed by atoms with E-state index in [0.29, 0.717) is 0 Å². The molecule has 0 saturated carbocycles. The molecule has 1 aliphatic heterocycles. The first kappa shape index (κ1) is 8.46. The fourth-order valence-corrected chi connectivity index (χ4v) is 0.737. The summed E-state index contributed by atoms with van der Waals surface area (Å²) in [6.45, 7) is 5.39. The Labute approximate surface area is 69.5 Å². The van der Waals surface area contributed by atoms with Gasteiger partial charge in [-0.1, -0.05) is 32.4 Å². The van der Waals surface area contributed by atoms with Gasteiger partial charge < -0.3 is 0 Å². The molecule has 0 aromatic rings. The first-order valence-corrected chi connectivity index (χ1v) is 3.58. The van der Waals surface area contributed by atoms with E-state index in [2.05, 4.69) is 15.2 Å². The van der Waals surface area contributed by atoms with Crippen molar-refractivity contribution in [2.75, 3.05) is 0 Å². The van der Waals surface area contributed by atoms with Crippen LogP contribution in [0.1, 0.15) is 20.8 Å². The second kappa shape index (κ2) is 2.17. The lowest BCUT2D eigenvalue weighted by atomic mass is 9.87. The maximum Gasteiger partial charge on any atom is 0.381 e. The zero-order chi connectivity index (χ0) is 8.70. The number of nitrogens with zero attached hydrogens (tertiary/aromatic N) is 2. The molecule has 0 saturated heterocycles. The van der Waals surface area contributed by atoms with Crippen molar-refractivity contribution in [3.05, 3.63) is 0 Å². The van der Waals surface area contributed by atoms with E-state index < -0.39 is 16.4 Å². The number of rotatable bonds is 0. The van der Waals surface area contributed by atoms with Crippen LogP contribution in [0, 0.1) is 5.41 Å². The van der Waals surface area contributed by atoms with Gasteiger partial charge in [-0.3, -0.25) is 4.84 Å². The van der Waals surface area contributed by atoms with Gasteiger partial charge in [0.15, 0.2) is 0 Å². The van der Waals surface area contributed by atoms with E-state index in [1.165, 1.54) is 0 Å². The highest BCUT2D eigenvalue weighted by molar-refractivity contribution is 6.34. The Morgan fingerprint density at radius 3 is 2.27 bits per heavy atom. The Kier molecular flexibility index (Phi) is 1.67. The molecule has 0 aromatic heterocycles. The summed E-state index contributed by atoms with van der Waals surface area (Å²) in [5.41, 5.74) is -0.481. The smallest absolute Gasteiger partial charge is 0.296 e. The van der Waals surface area contributed by atoms with Gasteiger partial charge in [0, 0.05) is 10.7 Å². The number of hydrogen-bond acceptors (Lipinski definition) is 4. The maximum absolute atomic E-state index is 11.0. The zero-order valence-corrected chi connectivity index (χ0v) is 7.34. The SMILES string of the molecule is CC(C)(C)C1(Cl)N=NOC1=O. The molecule has 0 N–H and O–H groups in total. The van der Waals surface area contributed by atoms with Crippen LogP contribution < -0.4 is 0 Å². The normalized spacial score (nSPS) is 30.7. The van der Waals surface area contributed by atoms with Crippen molar-refractivity contribution in [2.45, 2.75) is 25.8 Å². The Bertz CT molecular complexity index is 221. The van der Waals surface area contributed by atoms with Crippen LogP contribution in [0.3, 0.4) is 0 Å². The highest BCUT2D eigenvalue weighted by atomic mass is 35.5. The molecule has 0 aliphatic carbocycles. The fraction of sp³-hybridized carbons (Fsp3) is 0.833. The van der Waals surface area contributed by atoms with Gasteiger partial charge in [-0.15, -0.1) is 5.11 Å². The molecule has 4 nitrogen and oxygen atoms in total. The number of halogens is 1. The average Bonchev–Trinajstić information content (AvgIpc) is 2.12. The van der Waals surface area contributed by atoms with Gasteiger partial charge in [0.2, 0.25) is 0 Å². The molecule has 1 unspecified atom stereocenters. The molecule has 0 aromatic carbocycles. The molecule has 0 spiro atoms. The van der Waals surface area contributed by atoms with Crippen molar-refractivity contribution in [1.29, 1.82) is 0 Å². The van der Waals surface area contributed by atoms with Crippen molar-refractivity contribution >= 4 is 17.6 Å². The lowest BCUT2D eigenvalue weighted by molar-refractivity contribution is -0.144. The van der Waals surface area contributed by atoms with Crippen LogP contribution >= 0.6 is 11.6 Å². The van der Waals surface area contributed by atoms with Crippen molar-refractivity contribution < 1.29 is 9.63 Å². The molecular formula is C6H9ClN2O2. The first-order valence-electron chi connectivity index (χ1n) is 3.20. The first-order chi connectivity index (χ1) is 4.88. The molecule has 1 rings (SSSR count). The lowest BCUT2D eigenvalue weighted by Crippen LogP contribution is -2.40. The molecule has 11 heavy (non-hydrogen) atoms. The van der Waals surface area contributed by atoms with E-state index in [1.54, 1.807) is 20.8 Å². The van der Waals surface area contributed by atoms with E-state index >= 15 is 0 Å². The molecule has 5 heteroatoms. The van der Waals surface area contributed by atoms with Gasteiger partial charge >= 0.3 is 5.97 Å². The second-order valence-electron chi connectivity index (χ2n) is 3.43. The Morgan fingerprint density at radius 1 is 1.55 bits per heavy atom. The molecule has 0 fully saturated rings. The summed E-state index contributed by atoms with van der Waals surface area (Å²) in [6, 6.07) is 0. The van der Waals surface area contributed by atoms with E-state index in [-0.39, 0.29) is 0 Å². The van der Waals surface area contributed by atoms with Crippen LogP contribution in [0.15, 0.2) is 10.4 Å². The summed E-state index contributed by atoms with van der Waals surface area (Å²) in [5, 5.41) is 6.67. The molecular weight excluding hydrogens is 168 g/mol. The van der Waals surface area contributed by atoms with Gasteiger partial charge in [-0.25, -0.2) is 4.79 Å². The zero-order valence-electron chi connectivity index (χ0n) is 6.59. The van der Waals surface area contributed by atoms with Crippen molar-refractivity contribution in [3.63, 3.8) is 0 Å². The van der Waals surface area contributed by atoms with Crippen molar-refractivity contribution in [2.24, 2.45) is 15.8 Å². The van der Waals surface area contributed by atoms with Crippen LogP contribution in [0.4, 0.5) is 0 Å². The Morgan fingerprint density at radius 2 is 2.09 bits per heavy atom. The summed E-state index contributed by atoms with van der Waals surface area (Å²) >= 11 is 5.86. The standard InChI is InChI=1S/C6H9ClN2O2/c1-5(2,3)6(7)4(10)11-9-8-6/h1-3H3. The number of alkyl halides is 1. The summed E-state index contributed by atoms with van der Waals surface area (Å²) in [4.78, 5) is 13.9. The van der Waals surface area contributed by atoms with Crippen LogP contribution in [0.2, 0.25) is 0 Å². The van der Waals surface area contributed by atoms with E-state index in [1.807, 2.05) is 0 Å². The fourth-order valence-electron chi connectivity index (χ4n) is 0.671. The highest BCUT2D eigenvalue weighted by Crippen LogP contribution is 2.41. The van der Waals surface area contributed by atoms with Gasteiger partial charge in [-0.05, 0) is 0 Å². The van der Waals surface area contributed by atoms with Crippen LogP contribution in [-0.4, -0.2) is 11.0 Å². The van der Waals surface area contributed by atoms with Crippen LogP contribution in [-0.2, 0) is 9.63 Å². The minimum atomic E-state index is -1.34. The maximum atomic E-state index is 11.0. The monoisotopic (exact) mass is 176 g/mol. The van der Waals surface area contributed by atoms with Gasteiger partial charge in [0.1, 0.15) is 0 Å². The van der Waals surface area contributed by atoms with Crippen molar-refractivity contribution in [3.8, 4) is 0 Å². The van der Waals surface area contributed by atoms with Crippen LogP contribution in [0.5, 0.6) is 0 Å². The number of carbonyl (C=O) groups is 1. The molecule has 1 heterocycles. The number of carbonyl (C=O) groups excluding carboxylic acids is 1. The predicted octanol–water partition coefficient (Wildman–Crippen LogP) is 1.89. The Hall–Kier alpha value is -0.640. The highest BCUT2D eigenvalue weighted by Gasteiger charge is 2.53. The largest absolute Gasteiger partial charge is 0.381 e. The van der Waals surface area contributed by atoms with E-state index in [9.17, 15) is 4.79 Å². The second-order valence-corrected chi connectivity index (χ2v) is 3.98. The topological polar surface area (TPSA) is 51.0 Å². The molecule has 0 radical (unpaired) electrons. The third-order valence-corrected chi connectivity index (χ3v) is 2.36. The van der Waals surface area contributed by atoms with Gasteiger partial charge in [0.25, 0.3) is 5.00 Å². The third-order valence-electron chi connectivity index (χ3n) is 1.57. The predicted molar refractivity (Wildman–Crippen MR) is 39.0 cm³/mol. The minimum Gasteiger partial charge on any atom is -0.296 e. The van der Waals surface area contributed by atoms with E-state index in [0.717, 1.165) is 0 Å². The molecule has 1 atom stereocenters. The lowest BCUT2D eigenvalue weighted by Gasteiger charge is -2.27. The van der Waals surface area contributed by atoms with Crippen LogP contribution in [0.25, 0.3) is 0 Å². The number of hydrogen-bond donors (Lipinski definition) is 0. The summed E-state index contributed by atoms with van der Waals surface area (Å²) in [6.07, 6.45) is 0. The van der Waals surface area contributed by atoms with E-state index in [4.69, 9.17) is 11.6 Å². The average molecular weight is 177 g/mol. The van der Waals surface area contributed by atoms with Gasteiger partial charge in [0.05, 0.1) is 0 Å². The minimum absolute atomic E-state index is 0.481. The molecule has 62 valence electrons. The molecule has 0 amide bonds. The van der Waals surface area contributed by atoms with Crippen molar-refractivity contribution in [1.82, 2.24) is 0 Å². The molecule has 0 bridgehead atoms. The summed E-state index contributed by atoms with van der Waals surface area (Å²) < 4.78 is 0. The Balaban J connectivity index is 2.99. The van der Waals surface area contributed by atoms with Gasteiger partial charge in [-0.2, -0.15) is 0 Å². The third kappa shape index (κ3) is 1.11. The summed E-state index contributed by atoms with van der Waals surface area (Å²) in [7, 11) is 0.